The first kappa shape index (κ1) is 20.4. The van der Waals surface area contributed by atoms with Gasteiger partial charge in [0.05, 0.1) is 17.1 Å². The lowest BCUT2D eigenvalue weighted by Crippen LogP contribution is -2.35. The Morgan fingerprint density at radius 2 is 1.82 bits per heavy atom. The zero-order chi connectivity index (χ0) is 20.1. The van der Waals surface area contributed by atoms with Crippen LogP contribution >= 0.6 is 0 Å². The minimum Gasteiger partial charge on any atom is -0.493 e. The van der Waals surface area contributed by atoms with Gasteiger partial charge in [-0.25, -0.2) is 8.42 Å². The number of piperidine rings is 1. The smallest absolute Gasteiger partial charge is 0.259 e. The Hall–Kier alpha value is -2.38. The predicted molar refractivity (Wildman–Crippen MR) is 109 cm³/mol. The molecule has 1 aliphatic rings. The number of hydrogen-bond acceptors (Lipinski definition) is 4. The summed E-state index contributed by atoms with van der Waals surface area (Å²) in [5.74, 6) is 0.164. The number of anilines is 1. The SMILES string of the molecule is CCOc1ccccc1C(=O)Nc1cc(S(=O)(=O)N2CCCCC2)ccc1C. The Labute approximate surface area is 166 Å². The fourth-order valence-corrected chi connectivity index (χ4v) is 4.82. The van der Waals surface area contributed by atoms with Gasteiger partial charge in [0.25, 0.3) is 5.91 Å². The number of ether oxygens (including phenoxy) is 1. The maximum Gasteiger partial charge on any atom is 0.259 e. The van der Waals surface area contributed by atoms with Crippen LogP contribution in [0.25, 0.3) is 0 Å². The molecule has 3 rings (SSSR count). The van der Waals surface area contributed by atoms with Crippen molar-refractivity contribution in [2.45, 2.75) is 38.0 Å². The van der Waals surface area contributed by atoms with E-state index in [9.17, 15) is 13.2 Å². The number of nitrogens with zero attached hydrogens (tertiary/aromatic N) is 1. The van der Waals surface area contributed by atoms with Gasteiger partial charge in [-0.1, -0.05) is 24.6 Å². The first-order valence-electron chi connectivity index (χ1n) is 9.57. The molecule has 1 amide bonds. The summed E-state index contributed by atoms with van der Waals surface area (Å²) in [6.45, 7) is 5.22. The molecule has 2 aromatic rings. The summed E-state index contributed by atoms with van der Waals surface area (Å²) in [5, 5.41) is 2.84. The van der Waals surface area contributed by atoms with Gasteiger partial charge in [0, 0.05) is 18.8 Å². The molecule has 1 heterocycles. The van der Waals surface area contributed by atoms with Crippen LogP contribution in [0.5, 0.6) is 5.75 Å². The summed E-state index contributed by atoms with van der Waals surface area (Å²) in [4.78, 5) is 13.0. The molecule has 7 heteroatoms. The number of para-hydroxylation sites is 1. The van der Waals surface area contributed by atoms with Crippen LogP contribution in [-0.2, 0) is 10.0 Å². The Balaban J connectivity index is 1.87. The first-order chi connectivity index (χ1) is 13.4. The number of carbonyl (C=O) groups is 1. The quantitative estimate of drug-likeness (QED) is 0.797. The van der Waals surface area contributed by atoms with E-state index >= 15 is 0 Å². The number of hydrogen-bond donors (Lipinski definition) is 1. The molecule has 0 atom stereocenters. The van der Waals surface area contributed by atoms with Crippen molar-refractivity contribution in [3.8, 4) is 5.75 Å². The average Bonchev–Trinajstić information content (AvgIpc) is 2.71. The highest BCUT2D eigenvalue weighted by Gasteiger charge is 2.26. The topological polar surface area (TPSA) is 75.7 Å². The molecular weight excluding hydrogens is 376 g/mol. The third kappa shape index (κ3) is 4.36. The summed E-state index contributed by atoms with van der Waals surface area (Å²) in [5.41, 5.74) is 1.68. The molecule has 0 aromatic heterocycles. The molecule has 6 nitrogen and oxygen atoms in total. The van der Waals surface area contributed by atoms with E-state index in [4.69, 9.17) is 4.74 Å². The van der Waals surface area contributed by atoms with E-state index in [2.05, 4.69) is 5.32 Å². The van der Waals surface area contributed by atoms with Crippen molar-refractivity contribution < 1.29 is 17.9 Å². The van der Waals surface area contributed by atoms with Crippen LogP contribution in [-0.4, -0.2) is 38.3 Å². The molecule has 0 bridgehead atoms. The normalized spacial score (nSPS) is 15.2. The number of carbonyl (C=O) groups excluding carboxylic acids is 1. The van der Waals surface area contributed by atoms with Crippen molar-refractivity contribution in [2.75, 3.05) is 25.0 Å². The molecule has 1 saturated heterocycles. The van der Waals surface area contributed by atoms with Crippen LogP contribution in [0.2, 0.25) is 0 Å². The average molecular weight is 403 g/mol. The lowest BCUT2D eigenvalue weighted by atomic mass is 10.1. The molecule has 1 fully saturated rings. The van der Waals surface area contributed by atoms with Gasteiger partial charge in [-0.3, -0.25) is 4.79 Å². The van der Waals surface area contributed by atoms with Crippen LogP contribution in [0.3, 0.4) is 0 Å². The highest BCUT2D eigenvalue weighted by atomic mass is 32.2. The van der Waals surface area contributed by atoms with Gasteiger partial charge in [0.15, 0.2) is 0 Å². The maximum atomic E-state index is 12.9. The van der Waals surface area contributed by atoms with E-state index in [0.717, 1.165) is 24.8 Å². The first-order valence-corrected chi connectivity index (χ1v) is 11.0. The summed E-state index contributed by atoms with van der Waals surface area (Å²) in [7, 11) is -3.56. The van der Waals surface area contributed by atoms with E-state index in [1.165, 1.54) is 4.31 Å². The third-order valence-corrected chi connectivity index (χ3v) is 6.74. The van der Waals surface area contributed by atoms with E-state index in [-0.39, 0.29) is 10.8 Å². The van der Waals surface area contributed by atoms with Gasteiger partial charge < -0.3 is 10.1 Å². The Kier molecular flexibility index (Phi) is 6.36. The fraction of sp³-hybridized carbons (Fsp3) is 0.381. The van der Waals surface area contributed by atoms with Crippen molar-refractivity contribution >= 4 is 21.6 Å². The van der Waals surface area contributed by atoms with E-state index in [1.807, 2.05) is 13.8 Å². The third-order valence-electron chi connectivity index (χ3n) is 4.84. The number of aryl methyl sites for hydroxylation is 1. The molecular formula is C21H26N2O4S. The molecule has 0 saturated carbocycles. The van der Waals surface area contributed by atoms with Gasteiger partial charge >= 0.3 is 0 Å². The van der Waals surface area contributed by atoms with Gasteiger partial charge in [-0.05, 0) is 56.5 Å². The lowest BCUT2D eigenvalue weighted by molar-refractivity contribution is 0.102. The van der Waals surface area contributed by atoms with Crippen molar-refractivity contribution in [3.63, 3.8) is 0 Å². The number of rotatable bonds is 6. The minimum absolute atomic E-state index is 0.202. The Morgan fingerprint density at radius 1 is 1.11 bits per heavy atom. The summed E-state index contributed by atoms with van der Waals surface area (Å²) < 4.78 is 32.9. The van der Waals surface area contributed by atoms with Crippen LogP contribution in [0, 0.1) is 6.92 Å². The zero-order valence-electron chi connectivity index (χ0n) is 16.3. The van der Waals surface area contributed by atoms with Crippen LogP contribution < -0.4 is 10.1 Å². The molecule has 28 heavy (non-hydrogen) atoms. The van der Waals surface area contributed by atoms with Crippen LogP contribution in [0.15, 0.2) is 47.4 Å². The molecule has 150 valence electrons. The van der Waals surface area contributed by atoms with Crippen molar-refractivity contribution in [1.82, 2.24) is 4.31 Å². The zero-order valence-corrected chi connectivity index (χ0v) is 17.1. The van der Waals surface area contributed by atoms with Gasteiger partial charge in [0.2, 0.25) is 10.0 Å². The molecule has 0 unspecified atom stereocenters. The van der Waals surface area contributed by atoms with Crippen molar-refractivity contribution in [2.24, 2.45) is 0 Å². The summed E-state index contributed by atoms with van der Waals surface area (Å²) in [6.07, 6.45) is 2.81. The minimum atomic E-state index is -3.56. The van der Waals surface area contributed by atoms with E-state index in [1.54, 1.807) is 42.5 Å². The largest absolute Gasteiger partial charge is 0.493 e. The number of sulfonamides is 1. The number of benzene rings is 2. The van der Waals surface area contributed by atoms with Gasteiger partial charge in [-0.2, -0.15) is 4.31 Å². The number of amides is 1. The molecule has 0 radical (unpaired) electrons. The predicted octanol–water partition coefficient (Wildman–Crippen LogP) is 3.82. The fourth-order valence-electron chi connectivity index (χ4n) is 3.28. The van der Waals surface area contributed by atoms with Crippen molar-refractivity contribution in [1.29, 1.82) is 0 Å². The second-order valence-corrected chi connectivity index (χ2v) is 8.76. The standard InChI is InChI=1S/C21H26N2O4S/c1-3-27-20-10-6-5-9-18(20)21(24)22-19-15-17(12-11-16(19)2)28(25,26)23-13-7-4-8-14-23/h5-6,9-12,15H,3-4,7-8,13-14H2,1-2H3,(H,22,24). The van der Waals surface area contributed by atoms with E-state index in [0.29, 0.717) is 36.7 Å². The highest BCUT2D eigenvalue weighted by molar-refractivity contribution is 7.89. The second-order valence-electron chi connectivity index (χ2n) is 6.82. The summed E-state index contributed by atoms with van der Waals surface area (Å²) >= 11 is 0. The molecule has 2 aromatic carbocycles. The van der Waals surface area contributed by atoms with E-state index < -0.39 is 10.0 Å². The van der Waals surface area contributed by atoms with Gasteiger partial charge in [-0.15, -0.1) is 0 Å². The molecule has 1 aliphatic heterocycles. The Morgan fingerprint density at radius 3 is 2.54 bits per heavy atom. The maximum absolute atomic E-state index is 12.9. The highest BCUT2D eigenvalue weighted by Crippen LogP contribution is 2.26. The lowest BCUT2D eigenvalue weighted by Gasteiger charge is -2.26. The van der Waals surface area contributed by atoms with Gasteiger partial charge in [0.1, 0.15) is 5.75 Å². The monoisotopic (exact) mass is 402 g/mol. The van der Waals surface area contributed by atoms with Crippen LogP contribution in [0.1, 0.15) is 42.1 Å². The molecule has 0 aliphatic carbocycles. The van der Waals surface area contributed by atoms with Crippen molar-refractivity contribution in [3.05, 3.63) is 53.6 Å². The molecule has 1 N–H and O–H groups in total. The summed E-state index contributed by atoms with van der Waals surface area (Å²) in [6, 6.07) is 11.9. The Bertz CT molecular complexity index is 951. The van der Waals surface area contributed by atoms with Crippen LogP contribution in [0.4, 0.5) is 5.69 Å². The molecule has 0 spiro atoms. The second kappa shape index (κ2) is 8.75. The number of nitrogens with one attached hydrogen (secondary N) is 1.